The molecule has 0 aliphatic carbocycles. The molecule has 1 atom stereocenters. The predicted octanol–water partition coefficient (Wildman–Crippen LogP) is 5.60. The van der Waals surface area contributed by atoms with Crippen molar-refractivity contribution >= 4 is 14.3 Å². The van der Waals surface area contributed by atoms with Crippen molar-refractivity contribution in [2.24, 2.45) is 0 Å². The summed E-state index contributed by atoms with van der Waals surface area (Å²) in [6, 6.07) is 0. The van der Waals surface area contributed by atoms with Gasteiger partial charge in [0.05, 0.1) is 25.9 Å². The minimum absolute atomic E-state index is 0.0624. The molecule has 1 saturated heterocycles. The Morgan fingerprint density at radius 2 is 1.68 bits per heavy atom. The number of carbonyl (C=O) groups is 1. The van der Waals surface area contributed by atoms with Crippen molar-refractivity contribution in [2.75, 3.05) is 19.8 Å². The highest BCUT2D eigenvalue weighted by molar-refractivity contribution is 6.74. The molecule has 0 radical (unpaired) electrons. The molecule has 5 nitrogen and oxygen atoms in total. The molecule has 1 heterocycles. The van der Waals surface area contributed by atoms with Crippen LogP contribution >= 0.6 is 0 Å². The van der Waals surface area contributed by atoms with Crippen molar-refractivity contribution in [1.29, 1.82) is 0 Å². The molecular weight excluding hydrogens is 372 g/mol. The summed E-state index contributed by atoms with van der Waals surface area (Å²) in [5, 5.41) is 0.153. The topological polar surface area (TPSA) is 54.0 Å². The van der Waals surface area contributed by atoms with Gasteiger partial charge in [-0.1, -0.05) is 31.9 Å². The van der Waals surface area contributed by atoms with Crippen molar-refractivity contribution in [3.63, 3.8) is 0 Å². The van der Waals surface area contributed by atoms with E-state index in [1.807, 2.05) is 6.92 Å². The lowest BCUT2D eigenvalue weighted by Gasteiger charge is -2.41. The summed E-state index contributed by atoms with van der Waals surface area (Å²) in [7, 11) is -1.91. The summed E-state index contributed by atoms with van der Waals surface area (Å²) < 4.78 is 23.6. The predicted molar refractivity (Wildman–Crippen MR) is 116 cm³/mol. The summed E-state index contributed by atoms with van der Waals surface area (Å²) in [5.41, 5.74) is 2.68. The van der Waals surface area contributed by atoms with Crippen LogP contribution in [0.15, 0.2) is 11.1 Å². The first-order valence-electron chi connectivity index (χ1n) is 10.5. The van der Waals surface area contributed by atoms with Crippen LogP contribution in [0.2, 0.25) is 18.1 Å². The second-order valence-corrected chi connectivity index (χ2v) is 14.5. The first-order chi connectivity index (χ1) is 12.8. The second-order valence-electron chi connectivity index (χ2n) is 9.74. The van der Waals surface area contributed by atoms with Gasteiger partial charge >= 0.3 is 5.97 Å². The quantitative estimate of drug-likeness (QED) is 0.202. The number of ether oxygens (including phenoxy) is 3. The molecule has 6 heteroatoms. The summed E-state index contributed by atoms with van der Waals surface area (Å²) in [5.74, 6) is -0.776. The molecule has 1 rings (SSSR count). The van der Waals surface area contributed by atoms with Gasteiger partial charge in [0.2, 0.25) is 0 Å². The van der Waals surface area contributed by atoms with Crippen LogP contribution in [-0.2, 0) is 23.4 Å². The Morgan fingerprint density at radius 3 is 2.18 bits per heavy atom. The number of carbonyl (C=O) groups excluding carboxylic acids is 1. The second kappa shape index (κ2) is 10.4. The van der Waals surface area contributed by atoms with Crippen molar-refractivity contribution < 1.29 is 23.4 Å². The highest BCUT2D eigenvalue weighted by Gasteiger charge is 2.42. The van der Waals surface area contributed by atoms with E-state index >= 15 is 0 Å². The molecule has 0 unspecified atom stereocenters. The summed E-state index contributed by atoms with van der Waals surface area (Å²) in [6.45, 7) is 21.0. The standard InChI is InChI=1S/C22H42O5Si/c1-17(11-10-12-24-19(3)23)18(2)15-20(16-22(7)25-13-14-26-22)27-28(8,9)21(4,5)6/h20H,10-16H2,1-9H3/b18-17+/t20-/m1/s1. The van der Waals surface area contributed by atoms with Gasteiger partial charge in [-0.3, -0.25) is 4.79 Å². The normalized spacial score (nSPS) is 19.3. The van der Waals surface area contributed by atoms with E-state index < -0.39 is 14.1 Å². The maximum absolute atomic E-state index is 10.9. The van der Waals surface area contributed by atoms with Gasteiger partial charge in [0.25, 0.3) is 0 Å². The van der Waals surface area contributed by atoms with E-state index in [-0.39, 0.29) is 17.1 Å². The van der Waals surface area contributed by atoms with E-state index in [1.165, 1.54) is 18.1 Å². The van der Waals surface area contributed by atoms with Crippen molar-refractivity contribution in [2.45, 2.75) is 104 Å². The highest BCUT2D eigenvalue weighted by Crippen LogP contribution is 2.40. The van der Waals surface area contributed by atoms with E-state index in [2.05, 4.69) is 47.7 Å². The molecule has 1 fully saturated rings. The van der Waals surface area contributed by atoms with Crippen LogP contribution in [0.5, 0.6) is 0 Å². The van der Waals surface area contributed by atoms with Crippen LogP contribution in [0.25, 0.3) is 0 Å². The minimum atomic E-state index is -1.91. The Morgan fingerprint density at radius 1 is 1.11 bits per heavy atom. The van der Waals surface area contributed by atoms with E-state index in [0.29, 0.717) is 19.8 Å². The number of hydrogen-bond donors (Lipinski definition) is 0. The number of esters is 1. The van der Waals surface area contributed by atoms with Gasteiger partial charge in [-0.2, -0.15) is 0 Å². The zero-order chi connectivity index (χ0) is 21.6. The van der Waals surface area contributed by atoms with Gasteiger partial charge in [0.15, 0.2) is 14.1 Å². The number of allylic oxidation sites excluding steroid dienone is 1. The lowest BCUT2D eigenvalue weighted by Crippen LogP contribution is -2.46. The van der Waals surface area contributed by atoms with Crippen molar-refractivity contribution in [1.82, 2.24) is 0 Å². The Bertz CT molecular complexity index is 542. The molecule has 0 N–H and O–H groups in total. The van der Waals surface area contributed by atoms with Gasteiger partial charge < -0.3 is 18.6 Å². The Balaban J connectivity index is 2.82. The molecule has 164 valence electrons. The summed E-state index contributed by atoms with van der Waals surface area (Å²) in [6.07, 6.45) is 3.44. The monoisotopic (exact) mass is 414 g/mol. The van der Waals surface area contributed by atoms with Crippen molar-refractivity contribution in [3.8, 4) is 0 Å². The van der Waals surface area contributed by atoms with Crippen LogP contribution < -0.4 is 0 Å². The summed E-state index contributed by atoms with van der Waals surface area (Å²) >= 11 is 0. The highest BCUT2D eigenvalue weighted by atomic mass is 28.4. The Hall–Kier alpha value is -0.693. The lowest BCUT2D eigenvalue weighted by atomic mass is 9.98. The molecule has 0 aromatic carbocycles. The van der Waals surface area contributed by atoms with E-state index in [9.17, 15) is 4.79 Å². The minimum Gasteiger partial charge on any atom is -0.466 e. The fourth-order valence-electron chi connectivity index (χ4n) is 3.12. The van der Waals surface area contributed by atoms with Gasteiger partial charge in [0.1, 0.15) is 0 Å². The van der Waals surface area contributed by atoms with E-state index in [0.717, 1.165) is 25.7 Å². The third-order valence-electron chi connectivity index (χ3n) is 6.03. The smallest absolute Gasteiger partial charge is 0.302 e. The maximum atomic E-state index is 10.9. The van der Waals surface area contributed by atoms with Gasteiger partial charge in [0, 0.05) is 13.3 Å². The van der Waals surface area contributed by atoms with Crippen LogP contribution in [0.1, 0.15) is 74.1 Å². The lowest BCUT2D eigenvalue weighted by molar-refractivity contribution is -0.161. The van der Waals surface area contributed by atoms with Crippen LogP contribution in [0.4, 0.5) is 0 Å². The molecule has 1 aliphatic rings. The molecule has 0 aromatic rings. The van der Waals surface area contributed by atoms with Crippen LogP contribution in [0, 0.1) is 0 Å². The molecule has 0 aromatic heterocycles. The van der Waals surface area contributed by atoms with Crippen LogP contribution in [0.3, 0.4) is 0 Å². The number of rotatable bonds is 10. The third-order valence-corrected chi connectivity index (χ3v) is 10.6. The zero-order valence-electron chi connectivity index (χ0n) is 19.6. The van der Waals surface area contributed by atoms with Gasteiger partial charge in [-0.25, -0.2) is 0 Å². The third kappa shape index (κ3) is 8.35. The first-order valence-corrected chi connectivity index (χ1v) is 13.4. The van der Waals surface area contributed by atoms with Crippen molar-refractivity contribution in [3.05, 3.63) is 11.1 Å². The largest absolute Gasteiger partial charge is 0.466 e. The molecule has 1 aliphatic heterocycles. The summed E-state index contributed by atoms with van der Waals surface area (Å²) in [4.78, 5) is 10.9. The average Bonchev–Trinajstić information content (AvgIpc) is 2.95. The van der Waals surface area contributed by atoms with Crippen LogP contribution in [-0.4, -0.2) is 46.0 Å². The molecule has 28 heavy (non-hydrogen) atoms. The molecule has 0 amide bonds. The molecular formula is C22H42O5Si. The molecule has 0 saturated carbocycles. The number of hydrogen-bond acceptors (Lipinski definition) is 5. The van der Waals surface area contributed by atoms with E-state index in [4.69, 9.17) is 18.6 Å². The average molecular weight is 415 g/mol. The SMILES string of the molecule is CC(=O)OCCC/C(C)=C(\C)C[C@H](CC1(C)OCCO1)O[Si](C)(C)C(C)(C)C. The maximum Gasteiger partial charge on any atom is 0.302 e. The molecule has 0 bridgehead atoms. The van der Waals surface area contributed by atoms with Gasteiger partial charge in [-0.15, -0.1) is 0 Å². The Kier molecular flexibility index (Phi) is 9.39. The Labute approximate surface area is 173 Å². The fraction of sp³-hybridized carbons (Fsp3) is 0.864. The first kappa shape index (κ1) is 25.3. The van der Waals surface area contributed by atoms with E-state index in [1.54, 1.807) is 0 Å². The molecule has 0 spiro atoms. The zero-order valence-corrected chi connectivity index (χ0v) is 20.6. The fourth-order valence-corrected chi connectivity index (χ4v) is 4.47. The van der Waals surface area contributed by atoms with Gasteiger partial charge in [-0.05, 0) is 58.2 Å².